The maximum Gasteiger partial charge on any atom is 0.251 e. The molecule has 4 aromatic carbocycles. The van der Waals surface area contributed by atoms with Crippen molar-refractivity contribution in [3.05, 3.63) is 116 Å². The number of aliphatic hydroxyl groups excluding tert-OH is 8. The Kier molecular flexibility index (Phi) is 22.5. The Morgan fingerprint density at radius 3 is 1.03 bits per heavy atom. The number of hydrogen-bond acceptors (Lipinski definition) is 18. The van der Waals surface area contributed by atoms with Gasteiger partial charge in [0, 0.05) is 49.9 Å². The highest BCUT2D eigenvalue weighted by Crippen LogP contribution is 2.40. The summed E-state index contributed by atoms with van der Waals surface area (Å²) in [5, 5.41) is 87.1. The van der Waals surface area contributed by atoms with E-state index < -0.39 is 86.4 Å². The SMILES string of the molecule is CCCOc1c2cccc1Cc1cc(C(=O)NCCO[C@@H]3O[C@H](CO)[C@H](O)[C@H](O)[C@H]3O)cc(c1OCCC)Cc1cccc(c1OCCC)Cc1cc(C(=O)NCCO[C@@H]3O[C@H](CO)[C@H](O)[C@H](O)[C@H]3O)cc(c1OCCC)C2. The molecule has 4 aromatic rings. The molecular weight excluding hydrogens is 1010 g/mol. The molecule has 2 heterocycles. The molecule has 0 spiro atoms. The van der Waals surface area contributed by atoms with Crippen LogP contribution in [0.3, 0.4) is 0 Å². The predicted octanol–water partition coefficient (Wildman–Crippen LogP) is 2.61. The second-order valence-electron chi connectivity index (χ2n) is 19.8. The number of amides is 2. The first kappa shape index (κ1) is 60.2. The smallest absolute Gasteiger partial charge is 0.251 e. The summed E-state index contributed by atoms with van der Waals surface area (Å²) >= 11 is 0. The monoisotopic (exact) mass is 1090 g/mol. The molecular formula is C58H78N2O18. The van der Waals surface area contributed by atoms with Crippen LogP contribution in [0.5, 0.6) is 23.0 Å². The highest BCUT2D eigenvalue weighted by atomic mass is 16.7. The summed E-state index contributed by atoms with van der Waals surface area (Å²) in [5.74, 6) is 1.69. The summed E-state index contributed by atoms with van der Waals surface area (Å²) in [6, 6.07) is 19.1. The van der Waals surface area contributed by atoms with Crippen molar-refractivity contribution in [3.8, 4) is 23.0 Å². The Bertz CT molecular complexity index is 2330. The average molecular weight is 1090 g/mol. The Morgan fingerprint density at radius 2 is 0.744 bits per heavy atom. The fraction of sp³-hybridized carbons (Fsp3) is 0.552. The maximum absolute atomic E-state index is 14.3. The molecule has 10 atom stereocenters. The van der Waals surface area contributed by atoms with Crippen LogP contribution in [0.1, 0.15) is 119 Å². The largest absolute Gasteiger partial charge is 0.493 e. The van der Waals surface area contributed by atoms with Crippen molar-refractivity contribution in [2.45, 2.75) is 140 Å². The predicted molar refractivity (Wildman–Crippen MR) is 284 cm³/mol. The maximum atomic E-state index is 14.3. The minimum absolute atomic E-state index is 0.0197. The van der Waals surface area contributed by atoms with Crippen molar-refractivity contribution >= 4 is 11.8 Å². The van der Waals surface area contributed by atoms with Gasteiger partial charge in [0.2, 0.25) is 0 Å². The molecule has 7 rings (SSSR count). The molecule has 2 aliphatic heterocycles. The van der Waals surface area contributed by atoms with Crippen LogP contribution in [0.2, 0.25) is 0 Å². The van der Waals surface area contributed by atoms with E-state index in [1.807, 2.05) is 88.4 Å². The molecule has 0 saturated carbocycles. The zero-order chi connectivity index (χ0) is 55.9. The van der Waals surface area contributed by atoms with E-state index in [9.17, 15) is 50.4 Å². The molecule has 1 aliphatic carbocycles. The van der Waals surface area contributed by atoms with E-state index in [-0.39, 0.29) is 52.0 Å². The molecule has 8 bridgehead atoms. The molecule has 2 saturated heterocycles. The van der Waals surface area contributed by atoms with Crippen molar-refractivity contribution < 1.29 is 88.3 Å². The van der Waals surface area contributed by atoms with Crippen LogP contribution in [0.4, 0.5) is 0 Å². The third-order valence-corrected chi connectivity index (χ3v) is 13.7. The zero-order valence-corrected chi connectivity index (χ0v) is 44.9. The Hall–Kier alpha value is -5.46. The Morgan fingerprint density at radius 1 is 0.449 bits per heavy atom. The minimum atomic E-state index is -1.61. The van der Waals surface area contributed by atoms with Gasteiger partial charge in [-0.25, -0.2) is 0 Å². The number of ether oxygens (including phenoxy) is 8. The first-order valence-corrected chi connectivity index (χ1v) is 27.2. The Labute approximate surface area is 455 Å². The van der Waals surface area contributed by atoms with Crippen molar-refractivity contribution in [3.63, 3.8) is 0 Å². The van der Waals surface area contributed by atoms with Crippen molar-refractivity contribution in [2.24, 2.45) is 0 Å². The van der Waals surface area contributed by atoms with Gasteiger partial charge in [-0.2, -0.15) is 0 Å². The molecule has 20 heteroatoms. The molecule has 10 N–H and O–H groups in total. The molecule has 0 radical (unpaired) electrons. The van der Waals surface area contributed by atoms with E-state index in [4.69, 9.17) is 37.9 Å². The van der Waals surface area contributed by atoms with Gasteiger partial charge in [-0.3, -0.25) is 9.59 Å². The number of carbonyl (C=O) groups excluding carboxylic acids is 2. The Balaban J connectivity index is 1.28. The topological polar surface area (TPSA) is 294 Å². The number of carbonyl (C=O) groups is 2. The van der Waals surface area contributed by atoms with Gasteiger partial charge in [0.25, 0.3) is 11.8 Å². The van der Waals surface area contributed by atoms with Crippen molar-refractivity contribution in [1.29, 1.82) is 0 Å². The van der Waals surface area contributed by atoms with Crippen LogP contribution in [0.25, 0.3) is 0 Å². The van der Waals surface area contributed by atoms with E-state index in [0.717, 1.165) is 44.5 Å². The van der Waals surface area contributed by atoms with Crippen LogP contribution < -0.4 is 29.6 Å². The number of aliphatic hydroxyl groups is 8. The highest BCUT2D eigenvalue weighted by Gasteiger charge is 2.45. The van der Waals surface area contributed by atoms with Gasteiger partial charge in [-0.15, -0.1) is 0 Å². The molecule has 0 aromatic heterocycles. The van der Waals surface area contributed by atoms with Gasteiger partial charge in [-0.05, 0) is 94.5 Å². The summed E-state index contributed by atoms with van der Waals surface area (Å²) < 4.78 is 49.0. The van der Waals surface area contributed by atoms with Crippen LogP contribution in [-0.2, 0) is 44.6 Å². The van der Waals surface area contributed by atoms with E-state index in [0.29, 0.717) is 86.2 Å². The molecule has 428 valence electrons. The summed E-state index contributed by atoms with van der Waals surface area (Å²) in [7, 11) is 0. The second kappa shape index (κ2) is 29.1. The van der Waals surface area contributed by atoms with Gasteiger partial charge >= 0.3 is 0 Å². The standard InChI is InChI=1S/C58H78N2O18/c1-5-17-71-51-33-11-9-12-34(51)24-38-28-42(56(70)60-16-22-76-58-50(68)48(66)46(64)44(32-62)78-58)30-40(54(38)74-20-8-4)26-36-14-10-13-35(52(36)72-18-6-2)25-39-29-41(27-37(23-33)53(39)73-19-7-3)55(69)59-15-21-75-57-49(67)47(65)45(63)43(31-61)77-57/h9-14,27-30,43-50,57-58,61-68H,5-8,15-26,31-32H2,1-4H3,(H,59,69)(H,60,70)/t43-,44-,45+,46+,47+,48+,49-,50-,57-,58-/m1/s1. The lowest BCUT2D eigenvalue weighted by Crippen LogP contribution is -2.59. The summed E-state index contributed by atoms with van der Waals surface area (Å²) in [6.45, 7) is 8.16. The fourth-order valence-electron chi connectivity index (χ4n) is 9.80. The quantitative estimate of drug-likeness (QED) is 0.0398. The summed E-state index contributed by atoms with van der Waals surface area (Å²) in [4.78, 5) is 28.6. The third-order valence-electron chi connectivity index (χ3n) is 13.7. The number of rotatable bonds is 24. The van der Waals surface area contributed by atoms with Gasteiger partial charge < -0.3 is 89.4 Å². The first-order chi connectivity index (χ1) is 37.7. The van der Waals surface area contributed by atoms with Gasteiger partial charge in [0.15, 0.2) is 12.6 Å². The summed E-state index contributed by atoms with van der Waals surface area (Å²) in [6.07, 6.45) is -10.5. The lowest BCUT2D eigenvalue weighted by Gasteiger charge is -2.39. The minimum Gasteiger partial charge on any atom is -0.493 e. The average Bonchev–Trinajstić information content (AvgIpc) is 3.44. The van der Waals surface area contributed by atoms with Crippen LogP contribution >= 0.6 is 0 Å². The first-order valence-electron chi connectivity index (χ1n) is 27.2. The number of nitrogens with one attached hydrogen (secondary N) is 2. The van der Waals surface area contributed by atoms with E-state index >= 15 is 0 Å². The van der Waals surface area contributed by atoms with E-state index in [2.05, 4.69) is 10.6 Å². The zero-order valence-electron chi connectivity index (χ0n) is 44.9. The van der Waals surface area contributed by atoms with Gasteiger partial charge in [0.1, 0.15) is 71.8 Å². The second-order valence-corrected chi connectivity index (χ2v) is 19.8. The van der Waals surface area contributed by atoms with Gasteiger partial charge in [0.05, 0.1) is 52.9 Å². The molecule has 78 heavy (non-hydrogen) atoms. The molecule has 2 amide bonds. The number of benzene rings is 4. The van der Waals surface area contributed by atoms with Crippen LogP contribution in [0.15, 0.2) is 60.7 Å². The lowest BCUT2D eigenvalue weighted by atomic mass is 9.89. The van der Waals surface area contributed by atoms with Crippen LogP contribution in [-0.4, -0.2) is 180 Å². The third kappa shape index (κ3) is 14.7. The van der Waals surface area contributed by atoms with E-state index in [1.165, 1.54) is 0 Å². The highest BCUT2D eigenvalue weighted by molar-refractivity contribution is 5.95. The number of hydrogen-bond donors (Lipinski definition) is 10. The molecule has 3 aliphatic rings. The van der Waals surface area contributed by atoms with Crippen molar-refractivity contribution in [2.75, 3.05) is 65.9 Å². The number of para-hydroxylation sites is 2. The lowest BCUT2D eigenvalue weighted by molar-refractivity contribution is -0.300. The number of fused-ring (bicyclic) bond motifs is 8. The summed E-state index contributed by atoms with van der Waals surface area (Å²) in [5.41, 5.74) is 6.89. The normalized spacial score (nSPS) is 24.0. The van der Waals surface area contributed by atoms with Crippen molar-refractivity contribution in [1.82, 2.24) is 10.6 Å². The molecule has 20 nitrogen and oxygen atoms in total. The van der Waals surface area contributed by atoms with E-state index in [1.54, 1.807) is 0 Å². The van der Waals surface area contributed by atoms with Gasteiger partial charge in [-0.1, -0.05) is 64.1 Å². The van der Waals surface area contributed by atoms with Crippen LogP contribution in [0, 0.1) is 0 Å². The molecule has 2 fully saturated rings. The molecule has 0 unspecified atom stereocenters. The fourth-order valence-corrected chi connectivity index (χ4v) is 9.80.